The summed E-state index contributed by atoms with van der Waals surface area (Å²) in [5.74, 6) is 0.690. The number of fused-ring (bicyclic) bond motifs is 1. The predicted octanol–water partition coefficient (Wildman–Crippen LogP) is 2.18. The third kappa shape index (κ3) is 3.06. The van der Waals surface area contributed by atoms with E-state index in [-0.39, 0.29) is 11.9 Å². The van der Waals surface area contributed by atoms with Crippen LogP contribution in [0.3, 0.4) is 0 Å². The second-order valence-corrected chi connectivity index (χ2v) is 5.95. The summed E-state index contributed by atoms with van der Waals surface area (Å²) in [7, 11) is 0. The summed E-state index contributed by atoms with van der Waals surface area (Å²) < 4.78 is 0. The average Bonchev–Trinajstić information content (AvgIpc) is 2.82. The monoisotopic (exact) mass is 275 g/mol. The number of rotatable bonds is 5. The van der Waals surface area contributed by atoms with Crippen LogP contribution in [0.15, 0.2) is 18.2 Å². The molecular formula is C16H25N3O. The number of nitrogens with two attached hydrogens (primary N) is 1. The van der Waals surface area contributed by atoms with Crippen molar-refractivity contribution in [3.8, 4) is 0 Å². The Balaban J connectivity index is 2.01. The van der Waals surface area contributed by atoms with Crippen LogP contribution in [0.5, 0.6) is 0 Å². The minimum atomic E-state index is -0.173. The lowest BCUT2D eigenvalue weighted by atomic mass is 10.1. The van der Waals surface area contributed by atoms with Crippen molar-refractivity contribution in [2.75, 3.05) is 23.7 Å². The van der Waals surface area contributed by atoms with Crippen LogP contribution in [0.4, 0.5) is 11.4 Å². The van der Waals surface area contributed by atoms with Crippen LogP contribution in [0.25, 0.3) is 0 Å². The van der Waals surface area contributed by atoms with Crippen molar-refractivity contribution in [3.05, 3.63) is 23.8 Å². The first-order valence-corrected chi connectivity index (χ1v) is 7.42. The SMILES string of the molecule is CC(C)CCNC(=O)C(C)N1CCc2cccc(N)c21. The summed E-state index contributed by atoms with van der Waals surface area (Å²) in [6.07, 6.45) is 1.97. The molecule has 1 aliphatic rings. The topological polar surface area (TPSA) is 58.4 Å². The van der Waals surface area contributed by atoms with E-state index in [1.165, 1.54) is 5.56 Å². The first-order chi connectivity index (χ1) is 9.50. The van der Waals surface area contributed by atoms with Crippen molar-refractivity contribution in [1.29, 1.82) is 0 Å². The zero-order valence-electron chi connectivity index (χ0n) is 12.6. The second-order valence-electron chi connectivity index (χ2n) is 5.95. The second kappa shape index (κ2) is 6.16. The maximum Gasteiger partial charge on any atom is 0.242 e. The minimum absolute atomic E-state index is 0.0850. The average molecular weight is 275 g/mol. The fourth-order valence-electron chi connectivity index (χ4n) is 2.68. The Kier molecular flexibility index (Phi) is 4.53. The molecule has 2 rings (SSSR count). The van der Waals surface area contributed by atoms with Crippen molar-refractivity contribution in [2.45, 2.75) is 39.7 Å². The molecule has 1 aromatic carbocycles. The first-order valence-electron chi connectivity index (χ1n) is 7.42. The lowest BCUT2D eigenvalue weighted by Gasteiger charge is -2.27. The van der Waals surface area contributed by atoms with Crippen molar-refractivity contribution < 1.29 is 4.79 Å². The van der Waals surface area contributed by atoms with Crippen LogP contribution >= 0.6 is 0 Å². The maximum absolute atomic E-state index is 12.2. The summed E-state index contributed by atoms with van der Waals surface area (Å²) in [5.41, 5.74) is 9.12. The molecule has 0 saturated heterocycles. The lowest BCUT2D eigenvalue weighted by molar-refractivity contribution is -0.122. The van der Waals surface area contributed by atoms with E-state index < -0.39 is 0 Å². The number of amides is 1. The molecule has 0 radical (unpaired) electrons. The van der Waals surface area contributed by atoms with Gasteiger partial charge in [-0.1, -0.05) is 26.0 Å². The van der Waals surface area contributed by atoms with Gasteiger partial charge in [0.2, 0.25) is 5.91 Å². The van der Waals surface area contributed by atoms with E-state index in [1.807, 2.05) is 19.1 Å². The van der Waals surface area contributed by atoms with E-state index in [0.29, 0.717) is 5.92 Å². The van der Waals surface area contributed by atoms with Crippen molar-refractivity contribution in [3.63, 3.8) is 0 Å². The Bertz CT molecular complexity index is 485. The van der Waals surface area contributed by atoms with E-state index >= 15 is 0 Å². The van der Waals surface area contributed by atoms with Gasteiger partial charge in [0.15, 0.2) is 0 Å². The molecular weight excluding hydrogens is 250 g/mol. The largest absolute Gasteiger partial charge is 0.397 e. The zero-order chi connectivity index (χ0) is 14.7. The number of nitrogens with one attached hydrogen (secondary N) is 1. The van der Waals surface area contributed by atoms with Crippen LogP contribution in [-0.2, 0) is 11.2 Å². The first kappa shape index (κ1) is 14.7. The highest BCUT2D eigenvalue weighted by molar-refractivity contribution is 5.87. The molecule has 4 heteroatoms. The normalized spacial score (nSPS) is 15.3. The van der Waals surface area contributed by atoms with Crippen LogP contribution in [0, 0.1) is 5.92 Å². The lowest BCUT2D eigenvalue weighted by Crippen LogP contribution is -2.45. The van der Waals surface area contributed by atoms with E-state index in [1.54, 1.807) is 0 Å². The molecule has 0 spiro atoms. The molecule has 4 nitrogen and oxygen atoms in total. The highest BCUT2D eigenvalue weighted by Crippen LogP contribution is 2.34. The highest BCUT2D eigenvalue weighted by Gasteiger charge is 2.28. The van der Waals surface area contributed by atoms with Crippen molar-refractivity contribution >= 4 is 17.3 Å². The molecule has 1 atom stereocenters. The molecule has 0 aliphatic carbocycles. The molecule has 1 aliphatic heterocycles. The summed E-state index contributed by atoms with van der Waals surface area (Å²) in [6.45, 7) is 7.88. The van der Waals surface area contributed by atoms with Crippen LogP contribution in [-0.4, -0.2) is 25.0 Å². The van der Waals surface area contributed by atoms with Gasteiger partial charge in [0.25, 0.3) is 0 Å². The standard InChI is InChI=1S/C16H25N3O/c1-11(2)7-9-18-16(20)12(3)19-10-8-13-5-4-6-14(17)15(13)19/h4-6,11-12H,7-10,17H2,1-3H3,(H,18,20). The Morgan fingerprint density at radius 3 is 2.85 bits per heavy atom. The highest BCUT2D eigenvalue weighted by atomic mass is 16.2. The van der Waals surface area contributed by atoms with Crippen LogP contribution in [0.1, 0.15) is 32.8 Å². The van der Waals surface area contributed by atoms with Crippen molar-refractivity contribution in [2.24, 2.45) is 5.92 Å². The maximum atomic E-state index is 12.2. The molecule has 1 heterocycles. The number of nitrogens with zero attached hydrogens (tertiary/aromatic N) is 1. The van der Waals surface area contributed by atoms with Gasteiger partial charge < -0.3 is 16.0 Å². The van der Waals surface area contributed by atoms with Crippen LogP contribution in [0.2, 0.25) is 0 Å². The molecule has 0 bridgehead atoms. The number of hydrogen-bond acceptors (Lipinski definition) is 3. The Labute approximate surface area is 121 Å². The third-order valence-corrected chi connectivity index (χ3v) is 3.93. The molecule has 0 fully saturated rings. The van der Waals surface area contributed by atoms with Crippen molar-refractivity contribution in [1.82, 2.24) is 5.32 Å². The number of anilines is 2. The number of hydrogen-bond donors (Lipinski definition) is 2. The van der Waals surface area contributed by atoms with Gasteiger partial charge in [-0.3, -0.25) is 4.79 Å². The van der Waals surface area contributed by atoms with E-state index in [0.717, 1.165) is 37.3 Å². The summed E-state index contributed by atoms with van der Waals surface area (Å²) >= 11 is 0. The van der Waals surface area contributed by atoms with E-state index in [4.69, 9.17) is 5.73 Å². The van der Waals surface area contributed by atoms with E-state index in [9.17, 15) is 4.79 Å². The fourth-order valence-corrected chi connectivity index (χ4v) is 2.68. The molecule has 3 N–H and O–H groups in total. The number of nitrogen functional groups attached to an aromatic ring is 1. The fraction of sp³-hybridized carbons (Fsp3) is 0.562. The number of benzene rings is 1. The molecule has 110 valence electrons. The van der Waals surface area contributed by atoms with Gasteiger partial charge >= 0.3 is 0 Å². The molecule has 0 aromatic heterocycles. The van der Waals surface area contributed by atoms with Gasteiger partial charge in [-0.05, 0) is 37.3 Å². The smallest absolute Gasteiger partial charge is 0.242 e. The van der Waals surface area contributed by atoms with Gasteiger partial charge in [-0.15, -0.1) is 0 Å². The molecule has 1 aromatic rings. The Hall–Kier alpha value is -1.71. The van der Waals surface area contributed by atoms with Gasteiger partial charge in [0, 0.05) is 13.1 Å². The van der Waals surface area contributed by atoms with Gasteiger partial charge in [0.1, 0.15) is 6.04 Å². The molecule has 1 unspecified atom stereocenters. The summed E-state index contributed by atoms with van der Waals surface area (Å²) in [5, 5.41) is 3.02. The summed E-state index contributed by atoms with van der Waals surface area (Å²) in [4.78, 5) is 14.4. The van der Waals surface area contributed by atoms with Gasteiger partial charge in [-0.25, -0.2) is 0 Å². The number of carbonyl (C=O) groups is 1. The molecule has 20 heavy (non-hydrogen) atoms. The number of para-hydroxylation sites is 1. The molecule has 0 saturated carbocycles. The van der Waals surface area contributed by atoms with E-state index in [2.05, 4.69) is 30.1 Å². The quantitative estimate of drug-likeness (QED) is 0.810. The zero-order valence-corrected chi connectivity index (χ0v) is 12.6. The Morgan fingerprint density at radius 2 is 2.15 bits per heavy atom. The van der Waals surface area contributed by atoms with Gasteiger partial charge in [0.05, 0.1) is 11.4 Å². The molecule has 1 amide bonds. The van der Waals surface area contributed by atoms with Crippen LogP contribution < -0.4 is 16.0 Å². The Morgan fingerprint density at radius 1 is 1.40 bits per heavy atom. The predicted molar refractivity (Wildman–Crippen MR) is 83.8 cm³/mol. The van der Waals surface area contributed by atoms with Gasteiger partial charge in [-0.2, -0.15) is 0 Å². The number of carbonyl (C=O) groups excluding carboxylic acids is 1. The minimum Gasteiger partial charge on any atom is -0.397 e. The summed E-state index contributed by atoms with van der Waals surface area (Å²) in [6, 6.07) is 5.80. The third-order valence-electron chi connectivity index (χ3n) is 3.93.